The van der Waals surface area contributed by atoms with Gasteiger partial charge in [-0.2, -0.15) is 10.2 Å². The first-order chi connectivity index (χ1) is 12.5. The zero-order valence-electron chi connectivity index (χ0n) is 14.4. The van der Waals surface area contributed by atoms with Crippen molar-refractivity contribution < 1.29 is 4.79 Å². The van der Waals surface area contributed by atoms with Crippen LogP contribution in [0.1, 0.15) is 51.8 Å². The molecule has 1 aromatic carbocycles. The highest BCUT2D eigenvalue weighted by Crippen LogP contribution is 2.42. The third kappa shape index (κ3) is 3.03. The quantitative estimate of drug-likeness (QED) is 0.547. The van der Waals surface area contributed by atoms with Crippen LogP contribution >= 0.6 is 11.3 Å². The van der Waals surface area contributed by atoms with Gasteiger partial charge in [0.05, 0.1) is 26.7 Å². The van der Waals surface area contributed by atoms with Crippen LogP contribution in [-0.2, 0) is 0 Å². The number of nitrogens with one attached hydrogen (secondary N) is 2. The number of H-pyrrole nitrogens is 1. The minimum absolute atomic E-state index is 0.136. The number of hydrogen-bond acceptors (Lipinski definition) is 6. The molecule has 0 radical (unpaired) electrons. The van der Waals surface area contributed by atoms with Crippen LogP contribution in [0.4, 0.5) is 0 Å². The molecule has 0 saturated heterocycles. The van der Waals surface area contributed by atoms with Crippen LogP contribution in [0.25, 0.3) is 10.8 Å². The summed E-state index contributed by atoms with van der Waals surface area (Å²) in [5, 5.41) is 12.5. The maximum atomic E-state index is 12.5. The molecule has 0 spiro atoms. The summed E-state index contributed by atoms with van der Waals surface area (Å²) in [6.07, 6.45) is 2.40. The number of hydrogen-bond donors (Lipinski definition) is 2. The molecule has 1 saturated carbocycles. The molecule has 132 valence electrons. The van der Waals surface area contributed by atoms with Crippen LogP contribution < -0.4 is 11.0 Å². The van der Waals surface area contributed by atoms with Crippen molar-refractivity contribution in [2.45, 2.75) is 32.6 Å². The molecule has 1 aliphatic rings. The van der Waals surface area contributed by atoms with Gasteiger partial charge >= 0.3 is 0 Å². The van der Waals surface area contributed by atoms with Gasteiger partial charge in [0, 0.05) is 11.3 Å². The van der Waals surface area contributed by atoms with Crippen molar-refractivity contribution in [3.8, 4) is 0 Å². The lowest BCUT2D eigenvalue weighted by Crippen LogP contribution is -2.23. The van der Waals surface area contributed by atoms with E-state index >= 15 is 0 Å². The molecule has 0 atom stereocenters. The average Bonchev–Trinajstić information content (AvgIpc) is 3.42. The Bertz CT molecular complexity index is 1090. The minimum atomic E-state index is -0.471. The summed E-state index contributed by atoms with van der Waals surface area (Å²) in [7, 11) is 0. The normalized spacial score (nSPS) is 14.6. The van der Waals surface area contributed by atoms with Gasteiger partial charge in [0.25, 0.3) is 11.5 Å². The van der Waals surface area contributed by atoms with E-state index in [4.69, 9.17) is 0 Å². The summed E-state index contributed by atoms with van der Waals surface area (Å²) in [6, 6.07) is 6.85. The van der Waals surface area contributed by atoms with Crippen molar-refractivity contribution in [1.29, 1.82) is 0 Å². The number of nitrogens with zero attached hydrogens (tertiary/aromatic N) is 3. The molecule has 7 nitrogen and oxygen atoms in total. The Balaban J connectivity index is 1.60. The number of carbonyl (C=O) groups excluding carboxylic acids is 1. The van der Waals surface area contributed by atoms with Gasteiger partial charge in [0.2, 0.25) is 0 Å². The van der Waals surface area contributed by atoms with E-state index in [1.807, 2.05) is 13.8 Å². The smallest absolute Gasteiger partial charge is 0.267 e. The number of carbonyl (C=O) groups is 1. The number of rotatable bonds is 4. The molecule has 2 N–H and O–H groups in total. The average molecular weight is 367 g/mol. The standard InChI is InChI=1S/C18H17N5O2S/c1-9-15(26-18(19-9)11-7-8-11)10(2)20-23-17(25)14-12-5-3-4-6-13(12)16(24)22-21-14/h3-6,11H,7-8H2,1-2H3,(H,22,24)(H,23,25)/b20-10+. The fourth-order valence-corrected chi connectivity index (χ4v) is 3.96. The molecule has 2 aromatic heterocycles. The van der Waals surface area contributed by atoms with E-state index in [2.05, 4.69) is 25.7 Å². The van der Waals surface area contributed by atoms with Crippen molar-refractivity contribution in [1.82, 2.24) is 20.6 Å². The molecular formula is C18H17N5O2S. The van der Waals surface area contributed by atoms with Crippen LogP contribution in [0.2, 0.25) is 0 Å². The zero-order chi connectivity index (χ0) is 18.3. The molecule has 8 heteroatoms. The van der Waals surface area contributed by atoms with Gasteiger partial charge in [-0.15, -0.1) is 11.3 Å². The van der Waals surface area contributed by atoms with Crippen LogP contribution in [0.15, 0.2) is 34.2 Å². The molecule has 26 heavy (non-hydrogen) atoms. The fourth-order valence-electron chi connectivity index (χ4n) is 2.78. The monoisotopic (exact) mass is 367 g/mol. The molecule has 0 unspecified atom stereocenters. The Hall–Kier alpha value is -2.87. The Kier molecular flexibility index (Phi) is 4.12. The van der Waals surface area contributed by atoms with Crippen LogP contribution in [0, 0.1) is 6.92 Å². The molecule has 2 heterocycles. The molecule has 0 bridgehead atoms. The lowest BCUT2D eigenvalue weighted by atomic mass is 10.1. The third-order valence-electron chi connectivity index (χ3n) is 4.30. The third-order valence-corrected chi connectivity index (χ3v) is 5.73. The second-order valence-electron chi connectivity index (χ2n) is 6.33. The lowest BCUT2D eigenvalue weighted by molar-refractivity contribution is 0.0950. The maximum Gasteiger partial charge on any atom is 0.292 e. The number of amides is 1. The highest BCUT2D eigenvalue weighted by atomic mass is 32.1. The Morgan fingerprint density at radius 3 is 2.77 bits per heavy atom. The number of aromatic amines is 1. The predicted octanol–water partition coefficient (Wildman–Crippen LogP) is 2.72. The minimum Gasteiger partial charge on any atom is -0.267 e. The van der Waals surface area contributed by atoms with E-state index < -0.39 is 5.91 Å². The molecule has 1 fully saturated rings. The highest BCUT2D eigenvalue weighted by Gasteiger charge is 2.28. The molecule has 3 aromatic rings. The van der Waals surface area contributed by atoms with Crippen LogP contribution in [-0.4, -0.2) is 26.8 Å². The van der Waals surface area contributed by atoms with Crippen molar-refractivity contribution in [3.05, 3.63) is 55.9 Å². The number of aromatic nitrogens is 3. The molecule has 1 aliphatic carbocycles. The fraction of sp³-hybridized carbons (Fsp3) is 0.278. The summed E-state index contributed by atoms with van der Waals surface area (Å²) in [5.74, 6) is 0.118. The van der Waals surface area contributed by atoms with E-state index in [-0.39, 0.29) is 11.3 Å². The number of thiazole rings is 1. The van der Waals surface area contributed by atoms with Crippen molar-refractivity contribution in [2.24, 2.45) is 5.10 Å². The van der Waals surface area contributed by atoms with Crippen molar-refractivity contribution in [2.75, 3.05) is 0 Å². The van der Waals surface area contributed by atoms with Gasteiger partial charge < -0.3 is 0 Å². The topological polar surface area (TPSA) is 100 Å². The Labute approximate surface area is 153 Å². The van der Waals surface area contributed by atoms with Crippen molar-refractivity contribution >= 4 is 33.7 Å². The van der Waals surface area contributed by atoms with Gasteiger partial charge in [-0.1, -0.05) is 18.2 Å². The van der Waals surface area contributed by atoms with E-state index in [1.165, 1.54) is 12.8 Å². The van der Waals surface area contributed by atoms with Gasteiger partial charge in [-0.25, -0.2) is 15.5 Å². The SMILES string of the molecule is C/C(=N\NC(=O)c1n[nH]c(=O)c2ccccc12)c1sc(C2CC2)nc1C. The molecule has 4 rings (SSSR count). The number of aryl methyl sites for hydroxylation is 1. The zero-order valence-corrected chi connectivity index (χ0v) is 15.2. The van der Waals surface area contributed by atoms with E-state index in [1.54, 1.807) is 35.6 Å². The second kappa shape index (κ2) is 6.45. The second-order valence-corrected chi connectivity index (χ2v) is 7.36. The number of hydrazone groups is 1. The van der Waals surface area contributed by atoms with E-state index in [9.17, 15) is 9.59 Å². The summed E-state index contributed by atoms with van der Waals surface area (Å²) in [4.78, 5) is 29.9. The highest BCUT2D eigenvalue weighted by molar-refractivity contribution is 7.14. The molecule has 0 aliphatic heterocycles. The lowest BCUT2D eigenvalue weighted by Gasteiger charge is -2.04. The van der Waals surface area contributed by atoms with Crippen LogP contribution in [0.3, 0.4) is 0 Å². The van der Waals surface area contributed by atoms with Gasteiger partial charge in [0.15, 0.2) is 5.69 Å². The van der Waals surface area contributed by atoms with Gasteiger partial charge in [-0.3, -0.25) is 9.59 Å². The largest absolute Gasteiger partial charge is 0.292 e. The van der Waals surface area contributed by atoms with E-state index in [0.717, 1.165) is 15.6 Å². The Morgan fingerprint density at radius 1 is 1.31 bits per heavy atom. The summed E-state index contributed by atoms with van der Waals surface area (Å²) >= 11 is 1.63. The maximum absolute atomic E-state index is 12.5. The van der Waals surface area contributed by atoms with Crippen molar-refractivity contribution in [3.63, 3.8) is 0 Å². The first-order valence-electron chi connectivity index (χ1n) is 8.34. The van der Waals surface area contributed by atoms with Gasteiger partial charge in [0.1, 0.15) is 0 Å². The first kappa shape index (κ1) is 16.6. The molecule has 1 amide bonds. The summed E-state index contributed by atoms with van der Waals surface area (Å²) in [6.45, 7) is 3.80. The molecular weight excluding hydrogens is 350 g/mol. The Morgan fingerprint density at radius 2 is 2.04 bits per heavy atom. The number of benzene rings is 1. The summed E-state index contributed by atoms with van der Waals surface area (Å²) in [5.41, 5.74) is 3.97. The van der Waals surface area contributed by atoms with Crippen LogP contribution in [0.5, 0.6) is 0 Å². The summed E-state index contributed by atoms with van der Waals surface area (Å²) < 4.78 is 0. The predicted molar refractivity (Wildman–Crippen MR) is 101 cm³/mol. The van der Waals surface area contributed by atoms with E-state index in [0.29, 0.717) is 22.4 Å². The first-order valence-corrected chi connectivity index (χ1v) is 9.16. The van der Waals surface area contributed by atoms with Gasteiger partial charge in [-0.05, 0) is 32.8 Å². The number of fused-ring (bicyclic) bond motifs is 1.